The molecule has 1 aliphatic rings. The second kappa shape index (κ2) is 4.86. The van der Waals surface area contributed by atoms with Crippen molar-refractivity contribution in [2.75, 3.05) is 20.1 Å². The maximum atomic E-state index is 2.41. The van der Waals surface area contributed by atoms with Gasteiger partial charge in [0.05, 0.1) is 0 Å². The average Bonchev–Trinajstić information content (AvgIpc) is 2.83. The molecule has 0 saturated heterocycles. The minimum Gasteiger partial charge on any atom is -0.307 e. The molecule has 12 heavy (non-hydrogen) atoms. The molecule has 1 aliphatic carbocycles. The van der Waals surface area contributed by atoms with Gasteiger partial charge >= 0.3 is 0 Å². The Morgan fingerprint density at radius 1 is 1.25 bits per heavy atom. The monoisotopic (exact) mass is 169 g/mol. The van der Waals surface area contributed by atoms with Crippen LogP contribution in [0.25, 0.3) is 0 Å². The second-order valence-electron chi connectivity index (χ2n) is 4.20. The summed E-state index contributed by atoms with van der Waals surface area (Å²) < 4.78 is 0. The summed E-state index contributed by atoms with van der Waals surface area (Å²) in [6.45, 7) is 7.04. The van der Waals surface area contributed by atoms with Crippen molar-refractivity contribution in [2.24, 2.45) is 11.8 Å². The van der Waals surface area contributed by atoms with Crippen LogP contribution >= 0.6 is 0 Å². The largest absolute Gasteiger partial charge is 0.307 e. The van der Waals surface area contributed by atoms with Crippen molar-refractivity contribution >= 4 is 0 Å². The molecule has 2 atom stereocenters. The maximum absolute atomic E-state index is 2.41. The molecule has 0 bridgehead atoms. The van der Waals surface area contributed by atoms with Crippen molar-refractivity contribution in [2.45, 2.75) is 39.5 Å². The minimum absolute atomic E-state index is 1.09. The van der Waals surface area contributed by atoms with E-state index in [0.29, 0.717) is 0 Å². The Labute approximate surface area is 77.1 Å². The molecule has 1 heteroatoms. The van der Waals surface area contributed by atoms with Crippen LogP contribution in [0.1, 0.15) is 39.5 Å². The molecular weight excluding hydrogens is 146 g/mol. The first kappa shape index (κ1) is 10.0. The van der Waals surface area contributed by atoms with Crippen LogP contribution in [0.5, 0.6) is 0 Å². The summed E-state index contributed by atoms with van der Waals surface area (Å²) >= 11 is 0. The Balaban J connectivity index is 1.90. The summed E-state index contributed by atoms with van der Waals surface area (Å²) in [5.74, 6) is 2.19. The van der Waals surface area contributed by atoms with Crippen LogP contribution in [-0.4, -0.2) is 25.0 Å². The van der Waals surface area contributed by atoms with Crippen LogP contribution < -0.4 is 0 Å². The van der Waals surface area contributed by atoms with Gasteiger partial charge in [0, 0.05) is 0 Å². The first-order valence-corrected chi connectivity index (χ1v) is 5.46. The van der Waals surface area contributed by atoms with Crippen molar-refractivity contribution in [3.8, 4) is 0 Å². The molecule has 72 valence electrons. The normalized spacial score (nSPS) is 28.0. The predicted octanol–water partition coefficient (Wildman–Crippen LogP) is 2.76. The summed E-state index contributed by atoms with van der Waals surface area (Å²) in [5, 5.41) is 0. The second-order valence-corrected chi connectivity index (χ2v) is 4.20. The van der Waals surface area contributed by atoms with E-state index >= 15 is 0 Å². The van der Waals surface area contributed by atoms with E-state index in [1.807, 2.05) is 0 Å². The highest BCUT2D eigenvalue weighted by Crippen LogP contribution is 2.44. The number of rotatable bonds is 6. The molecule has 1 rings (SSSR count). The Morgan fingerprint density at radius 3 is 2.50 bits per heavy atom. The first-order valence-electron chi connectivity index (χ1n) is 5.46. The molecule has 0 heterocycles. The third-order valence-corrected chi connectivity index (χ3v) is 3.25. The van der Waals surface area contributed by atoms with Gasteiger partial charge in [0.1, 0.15) is 0 Å². The van der Waals surface area contributed by atoms with E-state index in [0.717, 1.165) is 11.8 Å². The van der Waals surface area contributed by atoms with Crippen molar-refractivity contribution in [1.29, 1.82) is 0 Å². The number of hydrogen-bond acceptors (Lipinski definition) is 1. The lowest BCUT2D eigenvalue weighted by Gasteiger charge is -2.12. The zero-order chi connectivity index (χ0) is 8.97. The van der Waals surface area contributed by atoms with Crippen molar-refractivity contribution in [3.63, 3.8) is 0 Å². The van der Waals surface area contributed by atoms with Gasteiger partial charge in [0.15, 0.2) is 0 Å². The van der Waals surface area contributed by atoms with Gasteiger partial charge < -0.3 is 4.90 Å². The summed E-state index contributed by atoms with van der Waals surface area (Å²) in [7, 11) is 2.21. The van der Waals surface area contributed by atoms with E-state index in [2.05, 4.69) is 25.8 Å². The third kappa shape index (κ3) is 3.14. The van der Waals surface area contributed by atoms with Gasteiger partial charge in [-0.1, -0.05) is 20.3 Å². The molecule has 0 aromatic heterocycles. The standard InChI is InChI=1S/C11H23N/c1-4-10-9-11(10)7-6-8-12(3)5-2/h10-11H,4-9H2,1-3H3. The summed E-state index contributed by atoms with van der Waals surface area (Å²) in [4.78, 5) is 2.41. The lowest BCUT2D eigenvalue weighted by molar-refractivity contribution is 0.338. The molecule has 1 saturated carbocycles. The molecular formula is C11H23N. The van der Waals surface area contributed by atoms with Gasteiger partial charge in [-0.25, -0.2) is 0 Å². The zero-order valence-corrected chi connectivity index (χ0v) is 8.84. The van der Waals surface area contributed by atoms with Gasteiger partial charge in [-0.3, -0.25) is 0 Å². The number of nitrogens with zero attached hydrogens (tertiary/aromatic N) is 1. The van der Waals surface area contributed by atoms with Crippen LogP contribution in [0.2, 0.25) is 0 Å². The van der Waals surface area contributed by atoms with Crippen LogP contribution in [0.4, 0.5) is 0 Å². The molecule has 0 spiro atoms. The third-order valence-electron chi connectivity index (χ3n) is 3.25. The quantitative estimate of drug-likeness (QED) is 0.591. The van der Waals surface area contributed by atoms with E-state index in [1.54, 1.807) is 0 Å². The first-order chi connectivity index (χ1) is 5.77. The van der Waals surface area contributed by atoms with Gasteiger partial charge in [-0.2, -0.15) is 0 Å². The van der Waals surface area contributed by atoms with Gasteiger partial charge in [-0.15, -0.1) is 0 Å². The zero-order valence-electron chi connectivity index (χ0n) is 8.84. The minimum atomic E-state index is 1.09. The van der Waals surface area contributed by atoms with Crippen LogP contribution in [-0.2, 0) is 0 Å². The number of hydrogen-bond donors (Lipinski definition) is 0. The molecule has 0 amide bonds. The lowest BCUT2D eigenvalue weighted by Crippen LogP contribution is -2.18. The summed E-state index contributed by atoms with van der Waals surface area (Å²) in [5.41, 5.74) is 0. The maximum Gasteiger partial charge on any atom is -0.00218 e. The van der Waals surface area contributed by atoms with Crippen LogP contribution in [0.3, 0.4) is 0 Å². The highest BCUT2D eigenvalue weighted by molar-refractivity contribution is 4.84. The lowest BCUT2D eigenvalue weighted by atomic mass is 10.1. The van der Waals surface area contributed by atoms with E-state index in [1.165, 1.54) is 38.8 Å². The topological polar surface area (TPSA) is 3.24 Å². The highest BCUT2D eigenvalue weighted by atomic mass is 15.1. The molecule has 0 N–H and O–H groups in total. The van der Waals surface area contributed by atoms with Crippen molar-refractivity contribution in [3.05, 3.63) is 0 Å². The smallest absolute Gasteiger partial charge is 0.00218 e. The van der Waals surface area contributed by atoms with E-state index < -0.39 is 0 Å². The summed E-state index contributed by atoms with van der Waals surface area (Å²) in [6.07, 6.45) is 5.81. The fraction of sp³-hybridized carbons (Fsp3) is 1.00. The van der Waals surface area contributed by atoms with E-state index in [-0.39, 0.29) is 0 Å². The average molecular weight is 169 g/mol. The molecule has 1 nitrogen and oxygen atoms in total. The Kier molecular flexibility index (Phi) is 4.07. The molecule has 0 radical (unpaired) electrons. The SMILES string of the molecule is CCC1CC1CCCN(C)CC. The van der Waals surface area contributed by atoms with Crippen molar-refractivity contribution in [1.82, 2.24) is 4.90 Å². The van der Waals surface area contributed by atoms with Crippen LogP contribution in [0.15, 0.2) is 0 Å². The Morgan fingerprint density at radius 2 is 2.00 bits per heavy atom. The van der Waals surface area contributed by atoms with Gasteiger partial charge in [-0.05, 0) is 51.2 Å². The molecule has 1 fully saturated rings. The van der Waals surface area contributed by atoms with Gasteiger partial charge in [0.25, 0.3) is 0 Å². The van der Waals surface area contributed by atoms with Gasteiger partial charge in [0.2, 0.25) is 0 Å². The Hall–Kier alpha value is -0.0400. The molecule has 2 unspecified atom stereocenters. The highest BCUT2D eigenvalue weighted by Gasteiger charge is 2.33. The van der Waals surface area contributed by atoms with E-state index in [4.69, 9.17) is 0 Å². The fourth-order valence-corrected chi connectivity index (χ4v) is 1.95. The fourth-order valence-electron chi connectivity index (χ4n) is 1.95. The predicted molar refractivity (Wildman–Crippen MR) is 54.3 cm³/mol. The van der Waals surface area contributed by atoms with Crippen LogP contribution in [0, 0.1) is 11.8 Å². The molecule has 0 aliphatic heterocycles. The summed E-state index contributed by atoms with van der Waals surface area (Å²) in [6, 6.07) is 0. The van der Waals surface area contributed by atoms with Crippen molar-refractivity contribution < 1.29 is 0 Å². The Bertz CT molecular complexity index is 122. The molecule has 0 aromatic rings. The van der Waals surface area contributed by atoms with E-state index in [9.17, 15) is 0 Å². The molecule has 0 aromatic carbocycles.